The Bertz CT molecular complexity index is 792. The van der Waals surface area contributed by atoms with Crippen LogP contribution in [0.1, 0.15) is 5.56 Å². The Balaban J connectivity index is 2.52. The molecule has 0 saturated carbocycles. The van der Waals surface area contributed by atoms with Gasteiger partial charge in [0, 0.05) is 5.57 Å². The van der Waals surface area contributed by atoms with E-state index in [1.807, 2.05) is 12.1 Å². The molecule has 1 aromatic rings. The molecule has 9 heteroatoms. The summed E-state index contributed by atoms with van der Waals surface area (Å²) < 4.78 is 10.8. The predicted octanol–water partition coefficient (Wildman–Crippen LogP) is 0.524. The summed E-state index contributed by atoms with van der Waals surface area (Å²) in [6, 6.07) is 10.8. The molecular formula is C17H18N4O4S. The lowest BCUT2D eigenvalue weighted by Gasteiger charge is -2.34. The molecule has 1 atom stereocenters. The second-order valence-electron chi connectivity index (χ2n) is 5.16. The average Bonchev–Trinajstić information content (AvgIpc) is 2.67. The summed E-state index contributed by atoms with van der Waals surface area (Å²) in [4.78, 5) is 0. The van der Waals surface area contributed by atoms with Crippen molar-refractivity contribution in [2.45, 2.75) is 6.23 Å². The molecule has 2 rings (SSSR count). The monoisotopic (exact) mass is 374 g/mol. The molecular weight excluding hydrogens is 356 g/mol. The lowest BCUT2D eigenvalue weighted by Crippen LogP contribution is -2.45. The Morgan fingerprint density at radius 2 is 1.77 bits per heavy atom. The van der Waals surface area contributed by atoms with Crippen LogP contribution in [0, 0.1) is 22.7 Å². The number of nitriles is 2. The van der Waals surface area contributed by atoms with Crippen molar-refractivity contribution < 1.29 is 19.7 Å². The topological polar surface area (TPSA) is 136 Å². The number of hydrogen-bond acceptors (Lipinski definition) is 9. The smallest absolute Gasteiger partial charge is 0.180 e. The number of aliphatic hydroxyl groups excluding tert-OH is 2. The highest BCUT2D eigenvalue weighted by Crippen LogP contribution is 2.38. The normalized spacial score (nSPS) is 17.2. The molecule has 0 bridgehead atoms. The van der Waals surface area contributed by atoms with Crippen LogP contribution in [0.25, 0.3) is 5.57 Å². The van der Waals surface area contributed by atoms with Crippen molar-refractivity contribution in [3.63, 3.8) is 0 Å². The van der Waals surface area contributed by atoms with Gasteiger partial charge in [-0.05, 0) is 17.7 Å². The fraction of sp³-hybridized carbons (Fsp3) is 0.294. The first-order valence-corrected chi connectivity index (χ1v) is 8.12. The Morgan fingerprint density at radius 3 is 2.31 bits per heavy atom. The number of nitrogens with two attached hydrogens (primary N) is 1. The van der Waals surface area contributed by atoms with Crippen LogP contribution >= 0.6 is 12.6 Å². The number of ether oxygens (including phenoxy) is 2. The van der Waals surface area contributed by atoms with E-state index in [0.29, 0.717) is 16.9 Å². The number of hydrogen-bond donors (Lipinski definition) is 4. The highest BCUT2D eigenvalue weighted by Gasteiger charge is 2.34. The lowest BCUT2D eigenvalue weighted by molar-refractivity contribution is -0.0266. The third-order valence-corrected chi connectivity index (χ3v) is 4.04. The van der Waals surface area contributed by atoms with Gasteiger partial charge in [-0.25, -0.2) is 5.84 Å². The maximum absolute atomic E-state index is 9.64. The van der Waals surface area contributed by atoms with Gasteiger partial charge in [0.15, 0.2) is 6.23 Å². The molecule has 136 valence electrons. The second kappa shape index (κ2) is 9.25. The second-order valence-corrected chi connectivity index (χ2v) is 5.58. The summed E-state index contributed by atoms with van der Waals surface area (Å²) >= 11 is 4.29. The molecule has 0 saturated heterocycles. The molecule has 1 aliphatic rings. The zero-order valence-electron chi connectivity index (χ0n) is 13.8. The highest BCUT2D eigenvalue weighted by atomic mass is 32.1. The minimum absolute atomic E-state index is 0.0340. The van der Waals surface area contributed by atoms with Crippen LogP contribution < -0.4 is 10.6 Å². The van der Waals surface area contributed by atoms with Gasteiger partial charge in [-0.3, -0.25) is 5.01 Å². The van der Waals surface area contributed by atoms with Gasteiger partial charge < -0.3 is 19.7 Å². The number of nitrogens with zero attached hydrogens (tertiary/aromatic N) is 3. The third kappa shape index (κ3) is 3.99. The molecule has 1 heterocycles. The van der Waals surface area contributed by atoms with Gasteiger partial charge in [0.2, 0.25) is 0 Å². The molecule has 0 amide bonds. The van der Waals surface area contributed by atoms with Gasteiger partial charge >= 0.3 is 0 Å². The van der Waals surface area contributed by atoms with Gasteiger partial charge in [0.05, 0.1) is 31.0 Å². The summed E-state index contributed by atoms with van der Waals surface area (Å²) in [6.45, 7) is -0.222. The Hall–Kier alpha value is -2.53. The van der Waals surface area contributed by atoms with Crippen LogP contribution in [0.3, 0.4) is 0 Å². The fourth-order valence-electron chi connectivity index (χ4n) is 2.48. The summed E-state index contributed by atoms with van der Waals surface area (Å²) in [7, 11) is 0. The Labute approximate surface area is 156 Å². The molecule has 0 radical (unpaired) electrons. The van der Waals surface area contributed by atoms with E-state index >= 15 is 0 Å². The van der Waals surface area contributed by atoms with E-state index in [4.69, 9.17) is 25.5 Å². The van der Waals surface area contributed by atoms with Gasteiger partial charge in [-0.2, -0.15) is 10.5 Å². The van der Waals surface area contributed by atoms with Crippen LogP contribution in [0.5, 0.6) is 5.75 Å². The zero-order valence-corrected chi connectivity index (χ0v) is 14.7. The number of benzene rings is 1. The van der Waals surface area contributed by atoms with Crippen molar-refractivity contribution in [2.24, 2.45) is 5.84 Å². The number of hydrazine groups is 1. The Morgan fingerprint density at radius 1 is 1.12 bits per heavy atom. The van der Waals surface area contributed by atoms with Crippen molar-refractivity contribution in [2.75, 3.05) is 26.4 Å². The first-order valence-electron chi connectivity index (χ1n) is 7.67. The predicted molar refractivity (Wildman–Crippen MR) is 96.0 cm³/mol. The van der Waals surface area contributed by atoms with E-state index in [0.717, 1.165) is 5.01 Å². The first-order chi connectivity index (χ1) is 12.6. The molecule has 26 heavy (non-hydrogen) atoms. The molecule has 0 aliphatic carbocycles. The van der Waals surface area contributed by atoms with Crippen LogP contribution in [0.15, 0.2) is 40.4 Å². The molecule has 1 unspecified atom stereocenters. The lowest BCUT2D eigenvalue weighted by atomic mass is 9.91. The minimum atomic E-state index is -0.975. The van der Waals surface area contributed by atoms with E-state index in [1.165, 1.54) is 0 Å². The Kier molecular flexibility index (Phi) is 7.04. The minimum Gasteiger partial charge on any atom is -0.491 e. The van der Waals surface area contributed by atoms with Crippen LogP contribution in [0.4, 0.5) is 0 Å². The zero-order chi connectivity index (χ0) is 19.1. The van der Waals surface area contributed by atoms with E-state index in [9.17, 15) is 10.5 Å². The molecule has 8 nitrogen and oxygen atoms in total. The maximum Gasteiger partial charge on any atom is 0.180 e. The summed E-state index contributed by atoms with van der Waals surface area (Å²) in [5, 5.41) is 38.2. The van der Waals surface area contributed by atoms with Gasteiger partial charge in [0.1, 0.15) is 29.5 Å². The molecule has 1 aromatic carbocycles. The van der Waals surface area contributed by atoms with E-state index in [2.05, 4.69) is 12.6 Å². The molecule has 1 aliphatic heterocycles. The summed E-state index contributed by atoms with van der Waals surface area (Å²) in [5.41, 5.74) is 1.23. The SMILES string of the molecule is N#CC1=C(S)N(N)C(OCCO)C(C#N)=C1c1ccc(OCCO)cc1. The molecule has 0 aromatic heterocycles. The fourth-order valence-corrected chi connectivity index (χ4v) is 2.74. The van der Waals surface area contributed by atoms with E-state index < -0.39 is 6.23 Å². The first kappa shape index (κ1) is 19.8. The maximum atomic E-state index is 9.64. The van der Waals surface area contributed by atoms with Crippen molar-refractivity contribution in [1.29, 1.82) is 10.5 Å². The molecule has 4 N–H and O–H groups in total. The average molecular weight is 374 g/mol. The van der Waals surface area contributed by atoms with Crippen LogP contribution in [-0.2, 0) is 4.74 Å². The molecule has 0 spiro atoms. The number of thiol groups is 1. The van der Waals surface area contributed by atoms with Crippen molar-refractivity contribution >= 4 is 18.2 Å². The number of allylic oxidation sites excluding steroid dienone is 2. The highest BCUT2D eigenvalue weighted by molar-refractivity contribution is 7.84. The van der Waals surface area contributed by atoms with E-state index in [-0.39, 0.29) is 42.6 Å². The van der Waals surface area contributed by atoms with Crippen LogP contribution in [-0.4, -0.2) is 47.9 Å². The van der Waals surface area contributed by atoms with E-state index in [1.54, 1.807) is 24.3 Å². The summed E-state index contributed by atoms with van der Waals surface area (Å²) in [6.07, 6.45) is -0.975. The summed E-state index contributed by atoms with van der Waals surface area (Å²) in [5.74, 6) is 6.47. The van der Waals surface area contributed by atoms with Crippen molar-refractivity contribution in [1.82, 2.24) is 5.01 Å². The molecule has 0 fully saturated rings. The van der Waals surface area contributed by atoms with Gasteiger partial charge in [0.25, 0.3) is 0 Å². The van der Waals surface area contributed by atoms with Crippen molar-refractivity contribution in [3.05, 3.63) is 46.0 Å². The largest absolute Gasteiger partial charge is 0.491 e. The third-order valence-electron chi connectivity index (χ3n) is 3.59. The number of aliphatic hydroxyl groups is 2. The van der Waals surface area contributed by atoms with Crippen LogP contribution in [0.2, 0.25) is 0 Å². The quantitative estimate of drug-likeness (QED) is 0.401. The van der Waals surface area contributed by atoms with Crippen molar-refractivity contribution in [3.8, 4) is 17.9 Å². The standard InChI is InChI=1S/C17H18N4O4S/c18-9-13-15(11-1-3-12(4-2-11)24-7-5-22)14(10-19)17(26)21(20)16(13)25-8-6-23/h1-4,16,22-23,26H,5-8,20H2. The van der Waals surface area contributed by atoms with Gasteiger partial charge in [-0.15, -0.1) is 12.6 Å². The number of rotatable bonds is 7. The van der Waals surface area contributed by atoms with Gasteiger partial charge in [-0.1, -0.05) is 12.1 Å².